The van der Waals surface area contributed by atoms with Gasteiger partial charge in [0.15, 0.2) is 5.13 Å². The van der Waals surface area contributed by atoms with Crippen LogP contribution < -0.4 is 16.0 Å². The average molecular weight is 329 g/mol. The molecule has 0 spiro atoms. The van der Waals surface area contributed by atoms with Crippen molar-refractivity contribution in [2.24, 2.45) is 0 Å². The van der Waals surface area contributed by atoms with Crippen molar-refractivity contribution in [2.75, 3.05) is 42.3 Å². The highest BCUT2D eigenvalue weighted by molar-refractivity contribution is 7.98. The molecule has 0 radical (unpaired) electrons. The Labute approximate surface area is 134 Å². The lowest BCUT2D eigenvalue weighted by Gasteiger charge is -2.11. The van der Waals surface area contributed by atoms with Crippen LogP contribution in [0.25, 0.3) is 0 Å². The maximum absolute atomic E-state index is 12.1. The molecule has 1 aliphatic rings. The topological polar surface area (TPSA) is 71.2 Å². The zero-order chi connectivity index (χ0) is 15.1. The van der Waals surface area contributed by atoms with Crippen molar-refractivity contribution in [3.8, 4) is 0 Å². The van der Waals surface area contributed by atoms with Crippen LogP contribution in [0.3, 0.4) is 0 Å². The van der Waals surface area contributed by atoms with E-state index in [2.05, 4.69) is 21.5 Å². The van der Waals surface area contributed by atoms with Gasteiger partial charge in [0.05, 0.1) is 0 Å². The predicted molar refractivity (Wildman–Crippen MR) is 92.5 cm³/mol. The largest absolute Gasteiger partial charge is 0.382 e. The van der Waals surface area contributed by atoms with Gasteiger partial charge in [0.1, 0.15) is 10.7 Å². The molecule has 0 bridgehead atoms. The number of thiazole rings is 1. The summed E-state index contributed by atoms with van der Waals surface area (Å²) in [5, 5.41) is 3.83. The Morgan fingerprint density at radius 1 is 1.38 bits per heavy atom. The summed E-state index contributed by atoms with van der Waals surface area (Å²) in [7, 11) is 0. The molecule has 0 saturated carbocycles. The summed E-state index contributed by atoms with van der Waals surface area (Å²) in [6, 6.07) is 0. The summed E-state index contributed by atoms with van der Waals surface area (Å²) in [5.74, 6) is 1.47. The van der Waals surface area contributed by atoms with Gasteiger partial charge >= 0.3 is 0 Å². The molecule has 7 heteroatoms. The van der Waals surface area contributed by atoms with E-state index in [1.165, 1.54) is 36.4 Å². The molecule has 0 unspecified atom stereocenters. The van der Waals surface area contributed by atoms with E-state index >= 15 is 0 Å². The minimum absolute atomic E-state index is 0.0830. The Kier molecular flexibility index (Phi) is 6.63. The van der Waals surface area contributed by atoms with Crippen molar-refractivity contribution < 1.29 is 4.79 Å². The number of aromatic nitrogens is 1. The van der Waals surface area contributed by atoms with E-state index in [0.717, 1.165) is 31.1 Å². The lowest BCUT2D eigenvalue weighted by molar-refractivity contribution is 0.0957. The number of unbranched alkanes of at least 4 members (excludes halogenated alkanes) is 2. The molecular weight excluding hydrogens is 304 g/mol. The molecular formula is C14H24N4OS2. The van der Waals surface area contributed by atoms with Gasteiger partial charge in [-0.1, -0.05) is 17.8 Å². The highest BCUT2D eigenvalue weighted by atomic mass is 32.2. The van der Waals surface area contributed by atoms with Crippen molar-refractivity contribution in [3.05, 3.63) is 4.88 Å². The standard InChI is InChI=1S/C14H24N4OS2/c1-20-10-6-2-3-7-16-13(19)11-12(15)17-14(21-11)18-8-4-5-9-18/h2-10,15H2,1H3,(H,16,19). The van der Waals surface area contributed by atoms with Crippen molar-refractivity contribution in [3.63, 3.8) is 0 Å². The zero-order valence-corrected chi connectivity index (χ0v) is 14.2. The molecule has 2 heterocycles. The Morgan fingerprint density at radius 3 is 2.86 bits per heavy atom. The summed E-state index contributed by atoms with van der Waals surface area (Å²) in [5.41, 5.74) is 5.89. The maximum Gasteiger partial charge on any atom is 0.265 e. The summed E-state index contributed by atoms with van der Waals surface area (Å²) >= 11 is 3.28. The van der Waals surface area contributed by atoms with Gasteiger partial charge in [0.25, 0.3) is 5.91 Å². The second kappa shape index (κ2) is 8.48. The number of rotatable bonds is 8. The average Bonchev–Trinajstić information content (AvgIpc) is 3.11. The molecule has 1 aromatic rings. The van der Waals surface area contributed by atoms with Crippen LogP contribution in [0.4, 0.5) is 10.9 Å². The van der Waals surface area contributed by atoms with Gasteiger partial charge in [-0.25, -0.2) is 4.98 Å². The maximum atomic E-state index is 12.1. The number of anilines is 2. The number of hydrogen-bond acceptors (Lipinski definition) is 6. The third-order valence-corrected chi connectivity index (χ3v) is 5.36. The normalized spacial score (nSPS) is 14.6. The number of nitrogens with one attached hydrogen (secondary N) is 1. The SMILES string of the molecule is CSCCCCCNC(=O)c1sc(N2CCCC2)nc1N. The van der Waals surface area contributed by atoms with E-state index in [1.807, 2.05) is 11.8 Å². The van der Waals surface area contributed by atoms with Crippen LogP contribution in [-0.4, -0.2) is 42.5 Å². The molecule has 1 saturated heterocycles. The second-order valence-corrected chi connectivity index (χ2v) is 7.18. The van der Waals surface area contributed by atoms with Gasteiger partial charge in [-0.15, -0.1) is 0 Å². The number of hydrogen-bond donors (Lipinski definition) is 2. The molecule has 1 fully saturated rings. The Hall–Kier alpha value is -0.950. The van der Waals surface area contributed by atoms with Gasteiger partial charge in [-0.2, -0.15) is 11.8 Å². The molecule has 5 nitrogen and oxygen atoms in total. The minimum atomic E-state index is -0.0830. The van der Waals surface area contributed by atoms with Crippen molar-refractivity contribution >= 4 is 40.0 Å². The Bertz CT molecular complexity index is 458. The van der Waals surface area contributed by atoms with Crippen LogP contribution in [0.5, 0.6) is 0 Å². The first-order valence-corrected chi connectivity index (χ1v) is 9.72. The van der Waals surface area contributed by atoms with E-state index in [1.54, 1.807) is 0 Å². The molecule has 0 aromatic carbocycles. The van der Waals surface area contributed by atoms with E-state index < -0.39 is 0 Å². The Balaban J connectivity index is 1.79. The number of nitrogen functional groups attached to an aromatic ring is 1. The van der Waals surface area contributed by atoms with E-state index in [4.69, 9.17) is 5.73 Å². The fourth-order valence-electron chi connectivity index (χ4n) is 2.36. The van der Waals surface area contributed by atoms with Crippen LogP contribution >= 0.6 is 23.1 Å². The van der Waals surface area contributed by atoms with Gasteiger partial charge in [-0.3, -0.25) is 4.79 Å². The molecule has 2 rings (SSSR count). The van der Waals surface area contributed by atoms with Crippen LogP contribution in [0.2, 0.25) is 0 Å². The molecule has 21 heavy (non-hydrogen) atoms. The number of amides is 1. The smallest absolute Gasteiger partial charge is 0.265 e. The summed E-state index contributed by atoms with van der Waals surface area (Å²) in [6.45, 7) is 2.75. The number of nitrogens with zero attached hydrogens (tertiary/aromatic N) is 2. The quantitative estimate of drug-likeness (QED) is 0.718. The molecule has 0 aliphatic carbocycles. The highest BCUT2D eigenvalue weighted by Crippen LogP contribution is 2.30. The summed E-state index contributed by atoms with van der Waals surface area (Å²) < 4.78 is 0. The first-order valence-electron chi connectivity index (χ1n) is 7.50. The molecule has 118 valence electrons. The molecule has 1 amide bonds. The zero-order valence-electron chi connectivity index (χ0n) is 12.6. The lowest BCUT2D eigenvalue weighted by atomic mass is 10.2. The first kappa shape index (κ1) is 16.4. The number of nitrogens with two attached hydrogens (primary N) is 1. The van der Waals surface area contributed by atoms with Crippen LogP contribution in [-0.2, 0) is 0 Å². The molecule has 3 N–H and O–H groups in total. The fraction of sp³-hybridized carbons (Fsp3) is 0.714. The minimum Gasteiger partial charge on any atom is -0.382 e. The van der Waals surface area contributed by atoms with Crippen LogP contribution in [0.1, 0.15) is 41.8 Å². The third kappa shape index (κ3) is 4.78. The second-order valence-electron chi connectivity index (χ2n) is 5.21. The van der Waals surface area contributed by atoms with Gasteiger partial charge in [0.2, 0.25) is 0 Å². The van der Waals surface area contributed by atoms with E-state index in [0.29, 0.717) is 17.2 Å². The molecule has 1 aromatic heterocycles. The molecule has 1 aliphatic heterocycles. The van der Waals surface area contributed by atoms with E-state index in [-0.39, 0.29) is 5.91 Å². The molecule has 0 atom stereocenters. The van der Waals surface area contributed by atoms with Crippen LogP contribution in [0, 0.1) is 0 Å². The van der Waals surface area contributed by atoms with Crippen molar-refractivity contribution in [1.82, 2.24) is 10.3 Å². The van der Waals surface area contributed by atoms with Gasteiger partial charge in [-0.05, 0) is 37.7 Å². The third-order valence-electron chi connectivity index (χ3n) is 3.54. The van der Waals surface area contributed by atoms with Crippen molar-refractivity contribution in [1.29, 1.82) is 0 Å². The lowest BCUT2D eigenvalue weighted by Crippen LogP contribution is -2.24. The summed E-state index contributed by atoms with van der Waals surface area (Å²) in [4.78, 5) is 19.2. The summed E-state index contributed by atoms with van der Waals surface area (Å²) in [6.07, 6.45) is 7.88. The Morgan fingerprint density at radius 2 is 2.14 bits per heavy atom. The first-order chi connectivity index (χ1) is 10.2. The monoisotopic (exact) mass is 328 g/mol. The van der Waals surface area contributed by atoms with E-state index in [9.17, 15) is 4.79 Å². The number of thioether (sulfide) groups is 1. The number of carbonyl (C=O) groups excluding carboxylic acids is 1. The number of carbonyl (C=O) groups is 1. The van der Waals surface area contributed by atoms with Crippen LogP contribution in [0.15, 0.2) is 0 Å². The van der Waals surface area contributed by atoms with Crippen molar-refractivity contribution in [2.45, 2.75) is 32.1 Å². The van der Waals surface area contributed by atoms with Gasteiger partial charge < -0.3 is 16.0 Å². The predicted octanol–water partition coefficient (Wildman–Crippen LogP) is 2.59. The fourth-order valence-corrected chi connectivity index (χ4v) is 3.80. The highest BCUT2D eigenvalue weighted by Gasteiger charge is 2.21. The van der Waals surface area contributed by atoms with Gasteiger partial charge in [0, 0.05) is 19.6 Å².